The standard InChI is InChI=1S/C10H18N2O3/c1-15-9(10(14)12-6-7-13)8-2-4-11-5-3-8/h11,13H,2-7H2,1H3,(H,12,14). The Labute approximate surface area is 89.5 Å². The number of aliphatic hydroxyl groups is 1. The van der Waals surface area contributed by atoms with Crippen molar-refractivity contribution in [3.63, 3.8) is 0 Å². The van der Waals surface area contributed by atoms with Gasteiger partial charge in [0.2, 0.25) is 0 Å². The number of piperidine rings is 1. The maximum absolute atomic E-state index is 11.6. The molecule has 0 aromatic rings. The van der Waals surface area contributed by atoms with Crippen LogP contribution in [-0.2, 0) is 9.53 Å². The summed E-state index contributed by atoms with van der Waals surface area (Å²) in [4.78, 5) is 11.6. The van der Waals surface area contributed by atoms with E-state index in [0.29, 0.717) is 5.76 Å². The average Bonchev–Trinajstić information content (AvgIpc) is 2.29. The molecule has 0 spiro atoms. The Bertz CT molecular complexity index is 243. The third kappa shape index (κ3) is 3.53. The van der Waals surface area contributed by atoms with Gasteiger partial charge in [-0.15, -0.1) is 0 Å². The Kier molecular flexibility index (Phi) is 5.14. The second kappa shape index (κ2) is 6.42. The average molecular weight is 214 g/mol. The zero-order valence-corrected chi connectivity index (χ0v) is 9.01. The van der Waals surface area contributed by atoms with Crippen LogP contribution < -0.4 is 10.6 Å². The third-order valence-electron chi connectivity index (χ3n) is 2.34. The van der Waals surface area contributed by atoms with E-state index >= 15 is 0 Å². The van der Waals surface area contributed by atoms with E-state index in [1.807, 2.05) is 0 Å². The summed E-state index contributed by atoms with van der Waals surface area (Å²) in [5.74, 6) is 0.174. The Balaban J connectivity index is 2.62. The zero-order valence-electron chi connectivity index (χ0n) is 9.01. The van der Waals surface area contributed by atoms with Crippen LogP contribution in [0.25, 0.3) is 0 Å². The largest absolute Gasteiger partial charge is 0.491 e. The van der Waals surface area contributed by atoms with Gasteiger partial charge in [-0.25, -0.2) is 0 Å². The third-order valence-corrected chi connectivity index (χ3v) is 2.34. The summed E-state index contributed by atoms with van der Waals surface area (Å²) in [6, 6.07) is 0. The van der Waals surface area contributed by atoms with Crippen LogP contribution in [0, 0.1) is 0 Å². The molecule has 0 unspecified atom stereocenters. The van der Waals surface area contributed by atoms with Gasteiger partial charge in [-0.1, -0.05) is 0 Å². The van der Waals surface area contributed by atoms with Crippen molar-refractivity contribution in [2.24, 2.45) is 0 Å². The number of hydrogen-bond acceptors (Lipinski definition) is 4. The molecule has 0 radical (unpaired) electrons. The zero-order chi connectivity index (χ0) is 11.1. The highest BCUT2D eigenvalue weighted by Gasteiger charge is 2.17. The van der Waals surface area contributed by atoms with Crippen molar-refractivity contribution >= 4 is 5.91 Å². The molecule has 1 heterocycles. The Morgan fingerprint density at radius 1 is 1.53 bits per heavy atom. The lowest BCUT2D eigenvalue weighted by molar-refractivity contribution is -0.120. The SMILES string of the molecule is COC(C(=O)NCCO)=C1CCNCC1. The van der Waals surface area contributed by atoms with E-state index in [-0.39, 0.29) is 19.1 Å². The number of hydrogen-bond donors (Lipinski definition) is 3. The molecular formula is C10H18N2O3. The molecule has 0 aromatic heterocycles. The molecule has 1 amide bonds. The van der Waals surface area contributed by atoms with Gasteiger partial charge in [0.05, 0.1) is 13.7 Å². The molecule has 0 bridgehead atoms. The van der Waals surface area contributed by atoms with Crippen LogP contribution in [0.15, 0.2) is 11.3 Å². The molecule has 0 aromatic carbocycles. The quantitative estimate of drug-likeness (QED) is 0.431. The van der Waals surface area contributed by atoms with Gasteiger partial charge in [-0.3, -0.25) is 4.79 Å². The molecule has 1 rings (SSSR count). The first kappa shape index (κ1) is 12.0. The van der Waals surface area contributed by atoms with E-state index in [2.05, 4.69) is 10.6 Å². The van der Waals surface area contributed by atoms with Crippen LogP contribution in [0.5, 0.6) is 0 Å². The normalized spacial score (nSPS) is 16.0. The highest BCUT2D eigenvalue weighted by Crippen LogP contribution is 2.16. The van der Waals surface area contributed by atoms with Crippen LogP contribution in [0.2, 0.25) is 0 Å². The Morgan fingerprint density at radius 3 is 2.73 bits per heavy atom. The van der Waals surface area contributed by atoms with Crippen molar-refractivity contribution in [3.05, 3.63) is 11.3 Å². The van der Waals surface area contributed by atoms with Gasteiger partial charge in [-0.2, -0.15) is 0 Å². The van der Waals surface area contributed by atoms with Gasteiger partial charge in [0.25, 0.3) is 5.91 Å². The molecule has 5 nitrogen and oxygen atoms in total. The van der Waals surface area contributed by atoms with Crippen molar-refractivity contribution in [3.8, 4) is 0 Å². The molecule has 5 heteroatoms. The fraction of sp³-hybridized carbons (Fsp3) is 0.700. The fourth-order valence-electron chi connectivity index (χ4n) is 1.60. The predicted molar refractivity (Wildman–Crippen MR) is 56.2 cm³/mol. The Hall–Kier alpha value is -1.07. The molecule has 1 aliphatic heterocycles. The lowest BCUT2D eigenvalue weighted by Crippen LogP contribution is -2.31. The summed E-state index contributed by atoms with van der Waals surface area (Å²) in [5.41, 5.74) is 1.05. The van der Waals surface area contributed by atoms with Crippen molar-refractivity contribution in [2.75, 3.05) is 33.4 Å². The minimum absolute atomic E-state index is 0.0559. The molecule has 3 N–H and O–H groups in total. The highest BCUT2D eigenvalue weighted by molar-refractivity contribution is 5.92. The van der Waals surface area contributed by atoms with Crippen LogP contribution in [0.1, 0.15) is 12.8 Å². The lowest BCUT2D eigenvalue weighted by atomic mass is 10.0. The molecule has 0 atom stereocenters. The lowest BCUT2D eigenvalue weighted by Gasteiger charge is -2.18. The van der Waals surface area contributed by atoms with Gasteiger partial charge < -0.3 is 20.5 Å². The van der Waals surface area contributed by atoms with E-state index in [0.717, 1.165) is 31.5 Å². The summed E-state index contributed by atoms with van der Waals surface area (Å²) in [7, 11) is 1.50. The van der Waals surface area contributed by atoms with Gasteiger partial charge in [0.1, 0.15) is 0 Å². The summed E-state index contributed by atoms with van der Waals surface area (Å²) in [5, 5.41) is 14.4. The number of carbonyl (C=O) groups excluding carboxylic acids is 1. The van der Waals surface area contributed by atoms with Crippen LogP contribution >= 0.6 is 0 Å². The molecule has 86 valence electrons. The number of rotatable bonds is 4. The van der Waals surface area contributed by atoms with Crippen molar-refractivity contribution in [1.82, 2.24) is 10.6 Å². The summed E-state index contributed by atoms with van der Waals surface area (Å²) in [6.07, 6.45) is 1.69. The first-order chi connectivity index (χ1) is 7.29. The highest BCUT2D eigenvalue weighted by atomic mass is 16.5. The van der Waals surface area contributed by atoms with Crippen LogP contribution in [0.3, 0.4) is 0 Å². The van der Waals surface area contributed by atoms with Gasteiger partial charge in [-0.05, 0) is 31.5 Å². The van der Waals surface area contributed by atoms with Gasteiger partial charge >= 0.3 is 0 Å². The summed E-state index contributed by atoms with van der Waals surface area (Å²) < 4.78 is 5.11. The minimum Gasteiger partial charge on any atom is -0.491 e. The summed E-state index contributed by atoms with van der Waals surface area (Å²) in [6.45, 7) is 1.97. The molecule has 0 aliphatic carbocycles. The topological polar surface area (TPSA) is 70.6 Å². The maximum Gasteiger partial charge on any atom is 0.286 e. The number of methoxy groups -OCH3 is 1. The smallest absolute Gasteiger partial charge is 0.286 e. The summed E-state index contributed by atoms with van der Waals surface area (Å²) >= 11 is 0. The maximum atomic E-state index is 11.6. The molecule has 0 saturated carbocycles. The van der Waals surface area contributed by atoms with E-state index in [4.69, 9.17) is 9.84 Å². The van der Waals surface area contributed by atoms with E-state index in [1.165, 1.54) is 7.11 Å². The van der Waals surface area contributed by atoms with E-state index in [9.17, 15) is 4.79 Å². The predicted octanol–water partition coefficient (Wildman–Crippen LogP) is -0.621. The second-order valence-electron chi connectivity index (χ2n) is 3.37. The number of aliphatic hydroxyl groups excluding tert-OH is 1. The monoisotopic (exact) mass is 214 g/mol. The fourth-order valence-corrected chi connectivity index (χ4v) is 1.60. The van der Waals surface area contributed by atoms with Gasteiger partial charge in [0.15, 0.2) is 5.76 Å². The molecule has 1 aliphatic rings. The van der Waals surface area contributed by atoms with E-state index < -0.39 is 0 Å². The molecule has 15 heavy (non-hydrogen) atoms. The number of amides is 1. The first-order valence-electron chi connectivity index (χ1n) is 5.15. The van der Waals surface area contributed by atoms with Crippen LogP contribution in [-0.4, -0.2) is 44.4 Å². The van der Waals surface area contributed by atoms with Gasteiger partial charge in [0, 0.05) is 6.54 Å². The minimum atomic E-state index is -0.233. The first-order valence-corrected chi connectivity index (χ1v) is 5.15. The van der Waals surface area contributed by atoms with Crippen LogP contribution in [0.4, 0.5) is 0 Å². The number of nitrogens with one attached hydrogen (secondary N) is 2. The Morgan fingerprint density at radius 2 is 2.20 bits per heavy atom. The second-order valence-corrected chi connectivity index (χ2v) is 3.37. The number of ether oxygens (including phenoxy) is 1. The molecule has 1 saturated heterocycles. The van der Waals surface area contributed by atoms with Crippen molar-refractivity contribution in [2.45, 2.75) is 12.8 Å². The number of carbonyl (C=O) groups is 1. The van der Waals surface area contributed by atoms with Crippen molar-refractivity contribution in [1.29, 1.82) is 0 Å². The van der Waals surface area contributed by atoms with E-state index in [1.54, 1.807) is 0 Å². The molecular weight excluding hydrogens is 196 g/mol. The molecule has 1 fully saturated rings. The van der Waals surface area contributed by atoms with Crippen molar-refractivity contribution < 1.29 is 14.6 Å².